The highest BCUT2D eigenvalue weighted by molar-refractivity contribution is 7.17. The van der Waals surface area contributed by atoms with E-state index in [4.69, 9.17) is 28.9 Å². The minimum atomic E-state index is -0.662. The molecule has 7 nitrogen and oxygen atoms in total. The van der Waals surface area contributed by atoms with E-state index in [9.17, 15) is 14.4 Å². The van der Waals surface area contributed by atoms with Crippen molar-refractivity contribution in [1.29, 1.82) is 0 Å². The van der Waals surface area contributed by atoms with E-state index in [0.29, 0.717) is 10.6 Å². The summed E-state index contributed by atoms with van der Waals surface area (Å²) in [6, 6.07) is 0. The molecule has 0 unspecified atom stereocenters. The molecule has 2 aromatic heterocycles. The average Bonchev–Trinajstić information content (AvgIpc) is 2.93. The van der Waals surface area contributed by atoms with Gasteiger partial charge in [0.1, 0.15) is 16.6 Å². The molecule has 0 aliphatic heterocycles. The molecule has 2 amide bonds. The summed E-state index contributed by atoms with van der Waals surface area (Å²) in [5.41, 5.74) is 6.11. The van der Waals surface area contributed by atoms with E-state index in [0.717, 1.165) is 40.8 Å². The molecule has 0 bridgehead atoms. The Bertz CT molecular complexity index is 922. The number of halogens is 2. The molecule has 25 heavy (non-hydrogen) atoms. The molecule has 1 aliphatic rings. The summed E-state index contributed by atoms with van der Waals surface area (Å²) in [5.74, 6) is -1.08. The fourth-order valence-electron chi connectivity index (χ4n) is 2.77. The van der Waals surface area contributed by atoms with Gasteiger partial charge >= 0.3 is 0 Å². The molecule has 2 aromatic rings. The number of carbonyl (C=O) groups is 2. The maximum Gasteiger partial charge on any atom is 0.287 e. The van der Waals surface area contributed by atoms with E-state index >= 15 is 0 Å². The molecule has 3 rings (SSSR count). The van der Waals surface area contributed by atoms with Crippen molar-refractivity contribution in [3.8, 4) is 0 Å². The number of fused-ring (bicyclic) bond motifs is 1. The van der Waals surface area contributed by atoms with E-state index in [-0.39, 0.29) is 16.6 Å². The lowest BCUT2D eigenvalue weighted by molar-refractivity contribution is -0.117. The monoisotopic (exact) mass is 400 g/mol. The van der Waals surface area contributed by atoms with Crippen LogP contribution in [0.5, 0.6) is 0 Å². The molecular weight excluding hydrogens is 387 g/mol. The lowest BCUT2D eigenvalue weighted by Gasteiger charge is -2.11. The zero-order valence-corrected chi connectivity index (χ0v) is 15.3. The summed E-state index contributed by atoms with van der Waals surface area (Å²) in [6.07, 6.45) is 4.86. The predicted octanol–water partition coefficient (Wildman–Crippen LogP) is 2.23. The zero-order chi connectivity index (χ0) is 18.1. The van der Waals surface area contributed by atoms with Gasteiger partial charge < -0.3 is 11.1 Å². The van der Waals surface area contributed by atoms with E-state index < -0.39 is 17.4 Å². The van der Waals surface area contributed by atoms with Gasteiger partial charge in [0.25, 0.3) is 11.5 Å². The molecule has 0 atom stereocenters. The molecule has 0 fully saturated rings. The van der Waals surface area contributed by atoms with Gasteiger partial charge in [0.15, 0.2) is 0 Å². The van der Waals surface area contributed by atoms with Gasteiger partial charge in [0.2, 0.25) is 5.91 Å². The lowest BCUT2D eigenvalue weighted by Crippen LogP contribution is -2.30. The Morgan fingerprint density at radius 1 is 1.32 bits per heavy atom. The summed E-state index contributed by atoms with van der Waals surface area (Å²) in [5, 5.41) is 6.68. The van der Waals surface area contributed by atoms with Crippen LogP contribution in [0.4, 0.5) is 5.00 Å². The topological polar surface area (TPSA) is 107 Å². The van der Waals surface area contributed by atoms with Crippen LogP contribution in [0.2, 0.25) is 10.0 Å². The number of anilines is 1. The van der Waals surface area contributed by atoms with Crippen molar-refractivity contribution in [1.82, 2.24) is 9.78 Å². The number of primary amides is 1. The fraction of sp³-hybridized carbons (Fsp3) is 0.333. The zero-order valence-electron chi connectivity index (χ0n) is 13.0. The van der Waals surface area contributed by atoms with Gasteiger partial charge in [-0.2, -0.15) is 5.10 Å². The van der Waals surface area contributed by atoms with Crippen LogP contribution in [0.3, 0.4) is 0 Å². The molecule has 0 radical (unpaired) electrons. The highest BCUT2D eigenvalue weighted by Gasteiger charge is 2.25. The van der Waals surface area contributed by atoms with Gasteiger partial charge in [-0.15, -0.1) is 11.3 Å². The first kappa shape index (κ1) is 17.9. The maximum atomic E-state index is 12.3. The summed E-state index contributed by atoms with van der Waals surface area (Å²) in [6.45, 7) is -0.351. The van der Waals surface area contributed by atoms with Crippen LogP contribution in [0.15, 0.2) is 11.0 Å². The van der Waals surface area contributed by atoms with E-state index in [2.05, 4.69) is 10.4 Å². The van der Waals surface area contributed by atoms with Gasteiger partial charge in [-0.25, -0.2) is 4.68 Å². The molecule has 10 heteroatoms. The Kier molecular flexibility index (Phi) is 5.12. The predicted molar refractivity (Wildman–Crippen MR) is 96.6 cm³/mol. The molecule has 2 heterocycles. The Morgan fingerprint density at radius 2 is 2.04 bits per heavy atom. The summed E-state index contributed by atoms with van der Waals surface area (Å²) in [4.78, 5) is 37.1. The maximum absolute atomic E-state index is 12.3. The highest BCUT2D eigenvalue weighted by Crippen LogP contribution is 2.37. The second-order valence-corrected chi connectivity index (χ2v) is 7.49. The summed E-state index contributed by atoms with van der Waals surface area (Å²) < 4.78 is 0.904. The van der Waals surface area contributed by atoms with Crippen molar-refractivity contribution in [2.24, 2.45) is 5.73 Å². The molecular formula is C15H14Cl2N4O3S. The molecule has 132 valence electrons. The first-order valence-electron chi connectivity index (χ1n) is 7.53. The molecule has 1 aliphatic carbocycles. The SMILES string of the molecule is NC(=O)c1c(NC(=O)Cn2ncc(Cl)c(Cl)c2=O)sc2c1CCCC2. The lowest BCUT2D eigenvalue weighted by atomic mass is 9.95. The van der Waals surface area contributed by atoms with Crippen LogP contribution in [0.1, 0.15) is 33.6 Å². The van der Waals surface area contributed by atoms with Crippen LogP contribution in [0, 0.1) is 0 Å². The molecule has 0 aromatic carbocycles. The minimum Gasteiger partial charge on any atom is -0.365 e. The highest BCUT2D eigenvalue weighted by atomic mass is 35.5. The van der Waals surface area contributed by atoms with Crippen molar-refractivity contribution < 1.29 is 9.59 Å². The molecule has 0 spiro atoms. The minimum absolute atomic E-state index is 0.0188. The Balaban J connectivity index is 1.84. The van der Waals surface area contributed by atoms with Crippen molar-refractivity contribution in [3.05, 3.63) is 42.6 Å². The standard InChI is InChI=1S/C15H14Cl2N4O3S/c16-8-5-19-21(15(24)12(8)17)6-10(22)20-14-11(13(18)23)7-3-1-2-4-9(7)25-14/h5H,1-4,6H2,(H2,18,23)(H,20,22). The fourth-order valence-corrected chi connectivity index (χ4v) is 4.36. The van der Waals surface area contributed by atoms with Crippen LogP contribution in [-0.2, 0) is 24.2 Å². The summed E-state index contributed by atoms with van der Waals surface area (Å²) >= 11 is 12.8. The van der Waals surface area contributed by atoms with Crippen molar-refractivity contribution in [3.63, 3.8) is 0 Å². The first-order chi connectivity index (χ1) is 11.9. The number of nitrogens with zero attached hydrogens (tertiary/aromatic N) is 2. The number of rotatable bonds is 4. The van der Waals surface area contributed by atoms with E-state index in [1.807, 2.05) is 0 Å². The number of aryl methyl sites for hydroxylation is 1. The van der Waals surface area contributed by atoms with E-state index in [1.165, 1.54) is 17.5 Å². The van der Waals surface area contributed by atoms with Crippen molar-refractivity contribution >= 4 is 51.4 Å². The Morgan fingerprint density at radius 3 is 2.76 bits per heavy atom. The quantitative estimate of drug-likeness (QED) is 0.819. The van der Waals surface area contributed by atoms with Crippen LogP contribution in [-0.4, -0.2) is 21.6 Å². The third-order valence-electron chi connectivity index (χ3n) is 3.91. The van der Waals surface area contributed by atoms with Gasteiger partial charge in [-0.1, -0.05) is 23.2 Å². The number of aromatic nitrogens is 2. The van der Waals surface area contributed by atoms with Crippen molar-refractivity contribution in [2.45, 2.75) is 32.2 Å². The largest absolute Gasteiger partial charge is 0.365 e. The van der Waals surface area contributed by atoms with Crippen LogP contribution < -0.4 is 16.6 Å². The van der Waals surface area contributed by atoms with E-state index in [1.54, 1.807) is 0 Å². The molecule has 0 saturated heterocycles. The Labute approximate surface area is 156 Å². The number of amides is 2. The second kappa shape index (κ2) is 7.15. The van der Waals surface area contributed by atoms with Gasteiger partial charge in [-0.05, 0) is 31.2 Å². The third kappa shape index (κ3) is 3.56. The number of carbonyl (C=O) groups excluding carboxylic acids is 2. The number of thiophene rings is 1. The van der Waals surface area contributed by atoms with Crippen molar-refractivity contribution in [2.75, 3.05) is 5.32 Å². The molecule has 0 saturated carbocycles. The van der Waals surface area contributed by atoms with Gasteiger partial charge in [0, 0.05) is 4.88 Å². The number of hydrogen-bond acceptors (Lipinski definition) is 5. The van der Waals surface area contributed by atoms with Gasteiger partial charge in [-0.3, -0.25) is 14.4 Å². The first-order valence-corrected chi connectivity index (χ1v) is 9.11. The normalized spacial score (nSPS) is 13.4. The number of hydrogen-bond donors (Lipinski definition) is 2. The average molecular weight is 401 g/mol. The van der Waals surface area contributed by atoms with Gasteiger partial charge in [0.05, 0.1) is 16.8 Å². The summed E-state index contributed by atoms with van der Waals surface area (Å²) in [7, 11) is 0. The molecule has 3 N–H and O–H groups in total. The van der Waals surface area contributed by atoms with Crippen LogP contribution >= 0.6 is 34.5 Å². The van der Waals surface area contributed by atoms with Crippen LogP contribution in [0.25, 0.3) is 0 Å². The Hall–Kier alpha value is -1.90. The number of nitrogens with two attached hydrogens (primary N) is 1. The third-order valence-corrected chi connectivity index (χ3v) is 5.86. The number of nitrogens with one attached hydrogen (secondary N) is 1. The smallest absolute Gasteiger partial charge is 0.287 e. The second-order valence-electron chi connectivity index (χ2n) is 5.60.